The van der Waals surface area contributed by atoms with Crippen molar-refractivity contribution in [1.82, 2.24) is 0 Å². The lowest BCUT2D eigenvalue weighted by Crippen LogP contribution is -2.25. The molecule has 1 unspecified atom stereocenters. The molecule has 0 bridgehead atoms. The fourth-order valence-corrected chi connectivity index (χ4v) is 10.3. The number of methoxy groups -OCH3 is 2. The van der Waals surface area contributed by atoms with Gasteiger partial charge in [-0.1, -0.05) is 121 Å². The van der Waals surface area contributed by atoms with Gasteiger partial charge in [-0.25, -0.2) is 0 Å². The Morgan fingerprint density at radius 2 is 0.929 bits per heavy atom. The zero-order chi connectivity index (χ0) is 30.0. The van der Waals surface area contributed by atoms with Gasteiger partial charge in [0.2, 0.25) is 0 Å². The Hall–Kier alpha value is -3.44. The lowest BCUT2D eigenvalue weighted by Gasteiger charge is -2.27. The van der Waals surface area contributed by atoms with Gasteiger partial charge in [0.05, 0.1) is 14.2 Å². The topological polar surface area (TPSA) is 18.5 Å². The molecule has 0 amide bonds. The second-order valence-electron chi connectivity index (χ2n) is 11.3. The van der Waals surface area contributed by atoms with Crippen LogP contribution in [0.4, 0.5) is 0 Å². The summed E-state index contributed by atoms with van der Waals surface area (Å²) in [4.78, 5) is 0. The molecule has 0 aliphatic rings. The number of hydrogen-bond donors (Lipinski definition) is 0. The Bertz CT molecular complexity index is 1640. The Morgan fingerprint density at radius 3 is 1.40 bits per heavy atom. The molecule has 5 rings (SSSR count). The van der Waals surface area contributed by atoms with Gasteiger partial charge in [-0.15, -0.1) is 0 Å². The highest BCUT2D eigenvalue weighted by molar-refractivity contribution is 7.80. The number of rotatable bonds is 8. The Balaban J connectivity index is 1.83. The molecule has 0 saturated heterocycles. The first-order chi connectivity index (χ1) is 20.2. The minimum absolute atomic E-state index is 0.478. The Morgan fingerprint density at radius 1 is 0.500 bits per heavy atom. The quantitative estimate of drug-likeness (QED) is 0.173. The van der Waals surface area contributed by atoms with Crippen LogP contribution in [-0.2, 0) is 0 Å². The van der Waals surface area contributed by atoms with Crippen LogP contribution >= 0.6 is 16.5 Å². The van der Waals surface area contributed by atoms with Crippen molar-refractivity contribution in [3.8, 4) is 22.6 Å². The van der Waals surface area contributed by atoms with Crippen LogP contribution in [0, 0.1) is 41.5 Å². The number of aryl methyl sites for hydroxylation is 6. The second kappa shape index (κ2) is 12.8. The summed E-state index contributed by atoms with van der Waals surface area (Å²) >= 11 is 0. The molecule has 42 heavy (non-hydrogen) atoms. The highest BCUT2D eigenvalue weighted by Gasteiger charge is 2.27. The molecule has 4 heteroatoms. The summed E-state index contributed by atoms with van der Waals surface area (Å²) in [5, 5.41) is 6.53. The molecule has 0 fully saturated rings. The first-order valence-electron chi connectivity index (χ1n) is 14.3. The van der Waals surface area contributed by atoms with Crippen LogP contribution in [0.25, 0.3) is 11.1 Å². The van der Waals surface area contributed by atoms with E-state index < -0.39 is 7.92 Å². The van der Waals surface area contributed by atoms with Crippen molar-refractivity contribution in [1.29, 1.82) is 0 Å². The summed E-state index contributed by atoms with van der Waals surface area (Å²) < 4.78 is 12.3. The standard InChI is InChI=1S/C38H40O2P2/c1-24-15-25(2)19-30(18-24)41-35-13-9-11-33(39-7)37(35)38-34(40-8)12-10-14-36(38)42(31-20-26(3)16-27(4)21-31)32-22-28(5)17-29(6)23-32/h9-23,41H,1-8H3. The largest absolute Gasteiger partial charge is 0.496 e. The zero-order valence-corrected chi connectivity index (χ0v) is 27.8. The van der Waals surface area contributed by atoms with Gasteiger partial charge in [-0.3, -0.25) is 0 Å². The normalized spacial score (nSPS) is 11.5. The molecule has 0 radical (unpaired) electrons. The van der Waals surface area contributed by atoms with E-state index in [-0.39, 0.29) is 0 Å². The van der Waals surface area contributed by atoms with Gasteiger partial charge in [0.15, 0.2) is 0 Å². The van der Waals surface area contributed by atoms with Crippen molar-refractivity contribution >= 4 is 43.0 Å². The van der Waals surface area contributed by atoms with E-state index in [2.05, 4.69) is 133 Å². The summed E-state index contributed by atoms with van der Waals surface area (Å²) in [6, 6.07) is 33.8. The maximum atomic E-state index is 6.16. The summed E-state index contributed by atoms with van der Waals surface area (Å²) in [7, 11) is 3.12. The molecule has 0 aromatic heterocycles. The van der Waals surface area contributed by atoms with Gasteiger partial charge in [-0.05, 0) is 88.1 Å². The van der Waals surface area contributed by atoms with Crippen molar-refractivity contribution in [2.45, 2.75) is 41.5 Å². The molecule has 214 valence electrons. The zero-order valence-electron chi connectivity index (χ0n) is 25.9. The van der Waals surface area contributed by atoms with Crippen LogP contribution in [0.1, 0.15) is 33.4 Å². The van der Waals surface area contributed by atoms with Gasteiger partial charge in [0.25, 0.3) is 0 Å². The van der Waals surface area contributed by atoms with Crippen molar-refractivity contribution in [3.05, 3.63) is 124 Å². The molecule has 0 spiro atoms. The highest BCUT2D eigenvalue weighted by atomic mass is 31.1. The lowest BCUT2D eigenvalue weighted by molar-refractivity contribution is 0.411. The molecule has 0 aliphatic heterocycles. The van der Waals surface area contributed by atoms with E-state index in [1.165, 1.54) is 59.9 Å². The van der Waals surface area contributed by atoms with Crippen LogP contribution in [0.15, 0.2) is 91.0 Å². The molecule has 5 aromatic rings. The monoisotopic (exact) mass is 590 g/mol. The average molecular weight is 591 g/mol. The SMILES string of the molecule is COc1cccc(Pc2cc(C)cc(C)c2)c1-c1c(OC)cccc1P(c1cc(C)cc(C)c1)c1cc(C)cc(C)c1. The van der Waals surface area contributed by atoms with Crippen molar-refractivity contribution in [2.24, 2.45) is 0 Å². The minimum atomic E-state index is -0.909. The predicted molar refractivity (Wildman–Crippen MR) is 186 cm³/mol. The van der Waals surface area contributed by atoms with Gasteiger partial charge < -0.3 is 9.47 Å². The van der Waals surface area contributed by atoms with E-state index >= 15 is 0 Å². The van der Waals surface area contributed by atoms with Crippen LogP contribution in [0.5, 0.6) is 11.5 Å². The van der Waals surface area contributed by atoms with Gasteiger partial charge in [-0.2, -0.15) is 0 Å². The summed E-state index contributed by atoms with van der Waals surface area (Å²) in [5.74, 6) is 1.73. The molecular weight excluding hydrogens is 550 g/mol. The van der Waals surface area contributed by atoms with E-state index in [0.717, 1.165) is 22.6 Å². The molecule has 2 nitrogen and oxygen atoms in total. The van der Waals surface area contributed by atoms with Gasteiger partial charge >= 0.3 is 0 Å². The predicted octanol–water partition coefficient (Wildman–Crippen LogP) is 7.61. The summed E-state index contributed by atoms with van der Waals surface area (Å²) in [6.07, 6.45) is 0. The van der Waals surface area contributed by atoms with Crippen LogP contribution < -0.4 is 36.0 Å². The number of ether oxygens (including phenoxy) is 2. The van der Waals surface area contributed by atoms with E-state index in [1.54, 1.807) is 14.2 Å². The summed E-state index contributed by atoms with van der Waals surface area (Å²) in [6.45, 7) is 13.1. The second-order valence-corrected chi connectivity index (χ2v) is 14.8. The van der Waals surface area contributed by atoms with E-state index in [0.29, 0.717) is 8.58 Å². The number of benzene rings is 5. The molecule has 1 atom stereocenters. The first kappa shape index (κ1) is 30.0. The average Bonchev–Trinajstić information content (AvgIpc) is 2.91. The third-order valence-electron chi connectivity index (χ3n) is 7.39. The maximum Gasteiger partial charge on any atom is 0.127 e. The molecule has 0 heterocycles. The highest BCUT2D eigenvalue weighted by Crippen LogP contribution is 2.44. The van der Waals surface area contributed by atoms with Crippen molar-refractivity contribution < 1.29 is 9.47 Å². The minimum Gasteiger partial charge on any atom is -0.496 e. The van der Waals surface area contributed by atoms with Crippen molar-refractivity contribution in [3.63, 3.8) is 0 Å². The molecule has 0 N–H and O–H groups in total. The fourth-order valence-electron chi connectivity index (χ4n) is 5.98. The van der Waals surface area contributed by atoms with Crippen molar-refractivity contribution in [2.75, 3.05) is 14.2 Å². The Labute approximate surface area is 254 Å². The number of hydrogen-bond acceptors (Lipinski definition) is 2. The fraction of sp³-hybridized carbons (Fsp3) is 0.211. The third-order valence-corrected chi connectivity index (χ3v) is 11.1. The van der Waals surface area contributed by atoms with E-state index in [4.69, 9.17) is 9.47 Å². The molecule has 5 aromatic carbocycles. The molecule has 0 aliphatic carbocycles. The first-order valence-corrected chi connectivity index (χ1v) is 16.7. The van der Waals surface area contributed by atoms with Crippen LogP contribution in [-0.4, -0.2) is 14.2 Å². The smallest absolute Gasteiger partial charge is 0.127 e. The molecule has 0 saturated carbocycles. The van der Waals surface area contributed by atoms with E-state index in [1.807, 2.05) is 0 Å². The third kappa shape index (κ3) is 6.47. The maximum absolute atomic E-state index is 6.16. The lowest BCUT2D eigenvalue weighted by atomic mass is 10.0. The summed E-state index contributed by atoms with van der Waals surface area (Å²) in [5.41, 5.74) is 9.92. The van der Waals surface area contributed by atoms with Crippen LogP contribution in [0.2, 0.25) is 0 Å². The molecular formula is C38H40O2P2. The van der Waals surface area contributed by atoms with Gasteiger partial charge in [0.1, 0.15) is 11.5 Å². The van der Waals surface area contributed by atoms with Gasteiger partial charge in [0, 0.05) is 11.1 Å². The van der Waals surface area contributed by atoms with Crippen LogP contribution in [0.3, 0.4) is 0 Å². The van der Waals surface area contributed by atoms with E-state index in [9.17, 15) is 0 Å². The Kier molecular flexibility index (Phi) is 9.17.